The normalized spacial score (nSPS) is 15.2. The number of aromatic nitrogens is 5. The van der Waals surface area contributed by atoms with Gasteiger partial charge in [0.1, 0.15) is 28.9 Å². The Kier molecular flexibility index (Phi) is 8.17. The lowest BCUT2D eigenvalue weighted by molar-refractivity contribution is -0.131. The van der Waals surface area contributed by atoms with E-state index in [-0.39, 0.29) is 35.0 Å². The van der Waals surface area contributed by atoms with Crippen LogP contribution in [0.2, 0.25) is 5.02 Å². The second-order valence-corrected chi connectivity index (χ2v) is 10.5. The smallest absolute Gasteiger partial charge is 0.277 e. The topological polar surface area (TPSA) is 106 Å². The molecule has 1 aliphatic heterocycles. The second kappa shape index (κ2) is 11.8. The van der Waals surface area contributed by atoms with E-state index in [1.807, 2.05) is 23.6 Å². The van der Waals surface area contributed by atoms with Gasteiger partial charge in [-0.05, 0) is 38.5 Å². The van der Waals surface area contributed by atoms with E-state index in [1.165, 1.54) is 4.57 Å². The molecule has 13 heteroatoms. The number of amides is 1. The fraction of sp³-hybridized carbons (Fsp3) is 0.310. The Labute approximate surface area is 245 Å². The van der Waals surface area contributed by atoms with Crippen LogP contribution in [0, 0.1) is 25.5 Å². The minimum atomic E-state index is -0.864. The molecule has 0 bridgehead atoms. The van der Waals surface area contributed by atoms with Crippen molar-refractivity contribution in [2.75, 3.05) is 24.5 Å². The van der Waals surface area contributed by atoms with Crippen molar-refractivity contribution < 1.29 is 18.3 Å². The van der Waals surface area contributed by atoms with Crippen LogP contribution >= 0.6 is 11.6 Å². The van der Waals surface area contributed by atoms with E-state index in [0.717, 1.165) is 11.8 Å². The van der Waals surface area contributed by atoms with Crippen LogP contribution in [0.15, 0.2) is 47.7 Å². The first kappa shape index (κ1) is 29.1. The van der Waals surface area contributed by atoms with Crippen molar-refractivity contribution in [3.05, 3.63) is 86.8 Å². The average Bonchev–Trinajstić information content (AvgIpc) is 2.95. The molecule has 0 saturated carbocycles. The van der Waals surface area contributed by atoms with Crippen LogP contribution in [-0.2, 0) is 11.4 Å². The van der Waals surface area contributed by atoms with Gasteiger partial charge in [0.15, 0.2) is 5.82 Å². The molecular weight excluding hydrogens is 568 g/mol. The molecule has 1 atom stereocenters. The summed E-state index contributed by atoms with van der Waals surface area (Å²) in [6, 6.07) is 5.78. The molecule has 0 radical (unpaired) electrons. The summed E-state index contributed by atoms with van der Waals surface area (Å²) in [4.78, 5) is 46.6. The molecule has 0 N–H and O–H groups in total. The predicted molar refractivity (Wildman–Crippen MR) is 153 cm³/mol. The molecule has 0 aliphatic carbocycles. The highest BCUT2D eigenvalue weighted by atomic mass is 35.5. The van der Waals surface area contributed by atoms with Crippen LogP contribution in [0.5, 0.6) is 5.75 Å². The first-order chi connectivity index (χ1) is 20.0. The molecule has 42 heavy (non-hydrogen) atoms. The Morgan fingerprint density at radius 2 is 1.88 bits per heavy atom. The summed E-state index contributed by atoms with van der Waals surface area (Å²) in [5.74, 6) is -1.06. The maximum absolute atomic E-state index is 14.0. The van der Waals surface area contributed by atoms with Gasteiger partial charge in [-0.25, -0.2) is 18.7 Å². The number of rotatable bonds is 6. The van der Waals surface area contributed by atoms with Crippen LogP contribution in [-0.4, -0.2) is 61.0 Å². The number of anilines is 1. The molecule has 1 saturated heterocycles. The standard InChI is InChI=1S/C29H28ClF2N7O3/c1-16-12-34-23(22-5-6-33-29(36-22)37-7-8-38(19(4)40)18(3)14-37)11-25(16)39-17(2)9-26(27(30)28(39)41)42-15-24-21(32)10-20(31)13-35-24/h5-6,9-13,18H,7-8,14-15H2,1-4H3. The zero-order chi connectivity index (χ0) is 30.1. The summed E-state index contributed by atoms with van der Waals surface area (Å²) in [7, 11) is 0. The summed E-state index contributed by atoms with van der Waals surface area (Å²) in [5.41, 5.74) is 2.20. The third-order valence-electron chi connectivity index (χ3n) is 7.08. The number of pyridine rings is 3. The zero-order valence-corrected chi connectivity index (χ0v) is 24.2. The van der Waals surface area contributed by atoms with E-state index in [2.05, 4.69) is 15.0 Å². The Hall–Kier alpha value is -4.45. The van der Waals surface area contributed by atoms with Crippen molar-refractivity contribution in [3.63, 3.8) is 0 Å². The predicted octanol–water partition coefficient (Wildman–Crippen LogP) is 4.27. The number of aryl methyl sites for hydroxylation is 2. The van der Waals surface area contributed by atoms with Crippen LogP contribution < -0.4 is 15.2 Å². The van der Waals surface area contributed by atoms with E-state index in [1.54, 1.807) is 44.4 Å². The Balaban J connectivity index is 1.43. The molecule has 1 aliphatic rings. The molecule has 10 nitrogen and oxygen atoms in total. The molecule has 218 valence electrons. The van der Waals surface area contributed by atoms with Crippen LogP contribution in [0.1, 0.15) is 30.8 Å². The van der Waals surface area contributed by atoms with Gasteiger partial charge >= 0.3 is 0 Å². The fourth-order valence-corrected chi connectivity index (χ4v) is 5.12. The molecule has 5 heterocycles. The number of carbonyl (C=O) groups excluding carboxylic acids is 1. The van der Waals surface area contributed by atoms with E-state index in [0.29, 0.717) is 54.4 Å². The van der Waals surface area contributed by atoms with Crippen molar-refractivity contribution in [1.82, 2.24) is 29.4 Å². The van der Waals surface area contributed by atoms with Crippen LogP contribution in [0.25, 0.3) is 17.1 Å². The van der Waals surface area contributed by atoms with Crippen LogP contribution in [0.4, 0.5) is 14.7 Å². The summed E-state index contributed by atoms with van der Waals surface area (Å²) < 4.78 is 34.2. The second-order valence-electron chi connectivity index (χ2n) is 10.1. The van der Waals surface area contributed by atoms with E-state index >= 15 is 0 Å². The van der Waals surface area contributed by atoms with Gasteiger partial charge in [-0.3, -0.25) is 24.1 Å². The molecular formula is C29H28ClF2N7O3. The van der Waals surface area contributed by atoms with E-state index in [4.69, 9.17) is 21.3 Å². The third kappa shape index (κ3) is 5.80. The number of halogens is 3. The van der Waals surface area contributed by atoms with E-state index < -0.39 is 17.2 Å². The van der Waals surface area contributed by atoms with Gasteiger partial charge in [0, 0.05) is 62.8 Å². The average molecular weight is 596 g/mol. The Morgan fingerprint density at radius 1 is 1.10 bits per heavy atom. The Morgan fingerprint density at radius 3 is 2.60 bits per heavy atom. The number of hydrogen-bond donors (Lipinski definition) is 0. The molecule has 1 fully saturated rings. The van der Waals surface area contributed by atoms with Crippen molar-refractivity contribution in [2.24, 2.45) is 0 Å². The fourth-order valence-electron chi connectivity index (χ4n) is 4.93. The highest BCUT2D eigenvalue weighted by Crippen LogP contribution is 2.28. The van der Waals surface area contributed by atoms with Gasteiger partial charge in [0.05, 0.1) is 23.3 Å². The minimum Gasteiger partial charge on any atom is -0.485 e. The highest BCUT2D eigenvalue weighted by Gasteiger charge is 2.27. The minimum absolute atomic E-state index is 0.0186. The summed E-state index contributed by atoms with van der Waals surface area (Å²) in [5, 5.41) is -0.205. The first-order valence-electron chi connectivity index (χ1n) is 13.2. The van der Waals surface area contributed by atoms with Crippen molar-refractivity contribution in [3.8, 4) is 22.8 Å². The lowest BCUT2D eigenvalue weighted by atomic mass is 10.1. The summed E-state index contributed by atoms with van der Waals surface area (Å²) >= 11 is 6.41. The van der Waals surface area contributed by atoms with Gasteiger partial charge in [0.25, 0.3) is 5.56 Å². The maximum Gasteiger partial charge on any atom is 0.277 e. The lowest BCUT2D eigenvalue weighted by Crippen LogP contribution is -2.53. The summed E-state index contributed by atoms with van der Waals surface area (Å²) in [6.45, 7) is 8.53. The number of nitrogens with zero attached hydrogens (tertiary/aromatic N) is 7. The van der Waals surface area contributed by atoms with Crippen molar-refractivity contribution in [1.29, 1.82) is 0 Å². The van der Waals surface area contributed by atoms with Gasteiger partial charge in [-0.15, -0.1) is 0 Å². The van der Waals surface area contributed by atoms with Gasteiger partial charge in [-0.1, -0.05) is 11.6 Å². The van der Waals surface area contributed by atoms with Gasteiger partial charge < -0.3 is 14.5 Å². The highest BCUT2D eigenvalue weighted by molar-refractivity contribution is 6.31. The van der Waals surface area contributed by atoms with Gasteiger partial charge in [-0.2, -0.15) is 0 Å². The van der Waals surface area contributed by atoms with Crippen molar-refractivity contribution >= 4 is 23.5 Å². The number of carbonyl (C=O) groups is 1. The molecule has 4 aromatic heterocycles. The van der Waals surface area contributed by atoms with Crippen molar-refractivity contribution in [2.45, 2.75) is 40.3 Å². The van der Waals surface area contributed by atoms with Crippen LogP contribution in [0.3, 0.4) is 0 Å². The van der Waals surface area contributed by atoms with Gasteiger partial charge in [0.2, 0.25) is 11.9 Å². The molecule has 1 amide bonds. The monoisotopic (exact) mass is 595 g/mol. The maximum atomic E-state index is 14.0. The quantitative estimate of drug-likeness (QED) is 0.325. The molecule has 0 aromatic carbocycles. The molecule has 1 unspecified atom stereocenters. The number of ether oxygens (including phenoxy) is 1. The zero-order valence-electron chi connectivity index (χ0n) is 23.4. The number of hydrogen-bond acceptors (Lipinski definition) is 8. The first-order valence-corrected chi connectivity index (χ1v) is 13.6. The molecule has 0 spiro atoms. The third-order valence-corrected chi connectivity index (χ3v) is 7.43. The van der Waals surface area contributed by atoms with E-state index in [9.17, 15) is 18.4 Å². The lowest BCUT2D eigenvalue weighted by Gasteiger charge is -2.39. The molecule has 5 rings (SSSR count). The largest absolute Gasteiger partial charge is 0.485 e. The molecule has 4 aromatic rings. The SMILES string of the molecule is CC(=O)N1CCN(c2nccc(-c3cc(-n4c(C)cc(OCc5ncc(F)cc5F)c(Cl)c4=O)c(C)cn3)n2)CC1C. The summed E-state index contributed by atoms with van der Waals surface area (Å²) in [6.07, 6.45) is 4.18. The number of piperazine rings is 1. The Bertz CT molecular complexity index is 1730.